The van der Waals surface area contributed by atoms with Gasteiger partial charge in [0.1, 0.15) is 54.5 Å². The Bertz CT molecular complexity index is 1410. The predicted octanol–water partition coefficient (Wildman–Crippen LogP) is -1.34. The van der Waals surface area contributed by atoms with Crippen LogP contribution >= 0.6 is 0 Å². The number of carbonyl (C=O) groups is 2. The summed E-state index contributed by atoms with van der Waals surface area (Å²) in [5.74, 6) is -0.471. The Labute approximate surface area is 226 Å². The van der Waals surface area contributed by atoms with Gasteiger partial charge in [-0.3, -0.25) is 18.7 Å². The maximum Gasteiger partial charge on any atom is 0.351 e. The number of hydrogen-bond acceptors (Lipinski definition) is 15. The predicted molar refractivity (Wildman–Crippen MR) is 135 cm³/mol. The van der Waals surface area contributed by atoms with Crippen molar-refractivity contribution in [1.82, 2.24) is 29.1 Å². The smallest absolute Gasteiger partial charge is 0.351 e. The van der Waals surface area contributed by atoms with E-state index in [0.29, 0.717) is 17.6 Å². The second-order valence-electron chi connectivity index (χ2n) is 9.02. The molecule has 0 unspecified atom stereocenters. The average molecular weight is 563 g/mol. The van der Waals surface area contributed by atoms with Crippen LogP contribution in [0.3, 0.4) is 0 Å². The van der Waals surface area contributed by atoms with E-state index in [1.165, 1.54) is 37.0 Å². The molecule has 216 valence electrons. The normalized spacial score (nSPS) is 25.8. The molecule has 3 aromatic rings. The molecule has 0 radical (unpaired) electrons. The molecule has 0 amide bonds. The minimum atomic E-state index is -0.654. The Balaban J connectivity index is 0.000000186. The summed E-state index contributed by atoms with van der Waals surface area (Å²) in [4.78, 5) is 49.5. The molecular formula is C23H30N8O9. The number of nitrogens with two attached hydrogens (primary N) is 2. The van der Waals surface area contributed by atoms with Gasteiger partial charge in [-0.15, -0.1) is 0 Å². The molecule has 2 fully saturated rings. The Hall–Kier alpha value is -4.19. The van der Waals surface area contributed by atoms with E-state index in [1.54, 1.807) is 10.9 Å². The maximum atomic E-state index is 11.7. The van der Waals surface area contributed by atoms with Crippen LogP contribution in [0.2, 0.25) is 0 Å². The number of nitrogens with zero attached hydrogens (tertiary/aromatic N) is 6. The van der Waals surface area contributed by atoms with Crippen LogP contribution in [0.25, 0.3) is 11.2 Å². The van der Waals surface area contributed by atoms with Crippen molar-refractivity contribution in [1.29, 1.82) is 0 Å². The van der Waals surface area contributed by atoms with Gasteiger partial charge in [-0.25, -0.2) is 19.7 Å². The second kappa shape index (κ2) is 12.3. The number of imidazole rings is 1. The van der Waals surface area contributed by atoms with Crippen molar-refractivity contribution in [3.63, 3.8) is 0 Å². The second-order valence-corrected chi connectivity index (χ2v) is 9.02. The zero-order valence-corrected chi connectivity index (χ0v) is 21.7. The molecule has 5 rings (SSSR count). The summed E-state index contributed by atoms with van der Waals surface area (Å²) < 4.78 is 24.4. The first kappa shape index (κ1) is 28.8. The number of fused-ring (bicyclic) bond motifs is 1. The third kappa shape index (κ3) is 6.33. The fourth-order valence-electron chi connectivity index (χ4n) is 4.47. The number of ether oxygens (including phenoxy) is 4. The lowest BCUT2D eigenvalue weighted by Gasteiger charge is -2.15. The number of aliphatic hydroxyl groups is 2. The summed E-state index contributed by atoms with van der Waals surface area (Å²) in [7, 11) is 0. The first-order valence-electron chi connectivity index (χ1n) is 12.3. The van der Waals surface area contributed by atoms with Gasteiger partial charge in [0.15, 0.2) is 11.5 Å². The van der Waals surface area contributed by atoms with Crippen LogP contribution in [0.5, 0.6) is 0 Å². The molecule has 5 heterocycles. The average Bonchev–Trinajstić information content (AvgIpc) is 3.61. The largest absolute Gasteiger partial charge is 0.460 e. The highest BCUT2D eigenvalue weighted by Gasteiger charge is 2.39. The number of aliphatic hydroxyl groups excluding tert-OH is 2. The fraction of sp³-hybridized carbons (Fsp3) is 0.522. The Kier molecular flexibility index (Phi) is 8.88. The minimum Gasteiger partial charge on any atom is -0.460 e. The molecule has 3 aromatic heterocycles. The standard InChI is InChI=1S/C12H15N5O4.C11H15N3O5/c1-6(19)20-7-2-9(21-8(7)3-18)17-5-16-10-11(13)14-4-15-12(10)17;1-6(16)18-7-4-10(19-8(7)5-15)14-3-2-9(12)13-11(14)17/h4-5,7-9,18H,2-3H2,1H3,(H2,13,14,15);2-3,7-8,10,15H,4-5H2,1H3,(H2,12,13,17)/t7-,8+,9+;7-,8+,10+/m00/s1. The number of carbonyl (C=O) groups excluding carboxylic acids is 2. The van der Waals surface area contributed by atoms with Gasteiger partial charge in [0, 0.05) is 32.9 Å². The lowest BCUT2D eigenvalue weighted by atomic mass is 10.2. The van der Waals surface area contributed by atoms with Crippen LogP contribution < -0.4 is 17.2 Å². The van der Waals surface area contributed by atoms with E-state index in [0.717, 1.165) is 0 Å². The van der Waals surface area contributed by atoms with Crippen molar-refractivity contribution in [2.24, 2.45) is 0 Å². The molecule has 6 N–H and O–H groups in total. The lowest BCUT2D eigenvalue weighted by molar-refractivity contribution is -0.151. The summed E-state index contributed by atoms with van der Waals surface area (Å²) in [6.45, 7) is 2.06. The lowest BCUT2D eigenvalue weighted by Crippen LogP contribution is -2.29. The molecule has 17 heteroatoms. The molecule has 2 saturated heterocycles. The number of esters is 2. The molecule has 2 aliphatic rings. The third-order valence-electron chi connectivity index (χ3n) is 6.21. The molecule has 17 nitrogen and oxygen atoms in total. The van der Waals surface area contributed by atoms with Gasteiger partial charge >= 0.3 is 17.6 Å². The monoisotopic (exact) mass is 562 g/mol. The molecule has 0 aliphatic carbocycles. The van der Waals surface area contributed by atoms with Crippen LogP contribution in [0, 0.1) is 0 Å². The van der Waals surface area contributed by atoms with E-state index in [2.05, 4.69) is 19.9 Å². The number of nitrogen functional groups attached to an aromatic ring is 2. The number of aromatic nitrogens is 6. The summed E-state index contributed by atoms with van der Waals surface area (Å²) in [6, 6.07) is 1.47. The highest BCUT2D eigenvalue weighted by atomic mass is 16.6. The minimum absolute atomic E-state index is 0.120. The molecule has 2 aliphatic heterocycles. The van der Waals surface area contributed by atoms with Gasteiger partial charge in [-0.2, -0.15) is 4.98 Å². The van der Waals surface area contributed by atoms with Gasteiger partial charge in [-0.1, -0.05) is 0 Å². The van der Waals surface area contributed by atoms with Crippen molar-refractivity contribution in [2.75, 3.05) is 24.7 Å². The van der Waals surface area contributed by atoms with E-state index in [4.69, 9.17) is 30.4 Å². The van der Waals surface area contributed by atoms with Crippen LogP contribution in [0.15, 0.2) is 29.7 Å². The van der Waals surface area contributed by atoms with Crippen molar-refractivity contribution in [3.8, 4) is 0 Å². The van der Waals surface area contributed by atoms with Crippen LogP contribution in [0.1, 0.15) is 39.1 Å². The van der Waals surface area contributed by atoms with Crippen LogP contribution in [-0.4, -0.2) is 88.9 Å². The SMILES string of the molecule is CC(=O)O[C@H]1C[C@H](n2ccc(N)nc2=O)O[C@@H]1CO.CC(=O)O[C@H]1C[C@H](n2cnc3c(N)ncnc32)O[C@@H]1CO. The molecule has 0 saturated carbocycles. The highest BCUT2D eigenvalue weighted by Crippen LogP contribution is 2.33. The van der Waals surface area contributed by atoms with Crippen molar-refractivity contribution in [2.45, 2.75) is 63.6 Å². The van der Waals surface area contributed by atoms with Crippen LogP contribution in [0.4, 0.5) is 11.6 Å². The zero-order chi connectivity index (χ0) is 29.0. The van der Waals surface area contributed by atoms with Gasteiger partial charge in [0.25, 0.3) is 0 Å². The summed E-state index contributed by atoms with van der Waals surface area (Å²) >= 11 is 0. The van der Waals surface area contributed by atoms with E-state index in [9.17, 15) is 24.6 Å². The van der Waals surface area contributed by atoms with Crippen molar-refractivity contribution < 1.29 is 38.7 Å². The van der Waals surface area contributed by atoms with Gasteiger partial charge in [0.05, 0.1) is 19.5 Å². The van der Waals surface area contributed by atoms with E-state index in [-0.39, 0.29) is 31.3 Å². The molecular weight excluding hydrogens is 532 g/mol. The third-order valence-corrected chi connectivity index (χ3v) is 6.21. The zero-order valence-electron chi connectivity index (χ0n) is 21.7. The molecule has 0 bridgehead atoms. The van der Waals surface area contributed by atoms with Crippen LogP contribution in [-0.2, 0) is 28.5 Å². The number of rotatable bonds is 6. The fourth-order valence-corrected chi connectivity index (χ4v) is 4.47. The summed E-state index contributed by atoms with van der Waals surface area (Å²) in [6.07, 6.45) is 1.63. The highest BCUT2D eigenvalue weighted by molar-refractivity contribution is 5.81. The number of anilines is 2. The van der Waals surface area contributed by atoms with E-state index < -0.39 is 54.5 Å². The number of hydrogen-bond donors (Lipinski definition) is 4. The first-order chi connectivity index (χ1) is 19.1. The van der Waals surface area contributed by atoms with Gasteiger partial charge < -0.3 is 40.6 Å². The van der Waals surface area contributed by atoms with Crippen molar-refractivity contribution >= 4 is 34.7 Å². The van der Waals surface area contributed by atoms with Gasteiger partial charge in [-0.05, 0) is 6.07 Å². The molecule has 40 heavy (non-hydrogen) atoms. The van der Waals surface area contributed by atoms with E-state index >= 15 is 0 Å². The van der Waals surface area contributed by atoms with Gasteiger partial charge in [0.2, 0.25) is 0 Å². The maximum absolute atomic E-state index is 11.7. The Morgan fingerprint density at radius 2 is 1.55 bits per heavy atom. The van der Waals surface area contributed by atoms with E-state index in [1.807, 2.05) is 0 Å². The van der Waals surface area contributed by atoms with Crippen molar-refractivity contribution in [3.05, 3.63) is 35.4 Å². The first-order valence-corrected chi connectivity index (χ1v) is 12.3. The molecule has 0 aromatic carbocycles. The Morgan fingerprint density at radius 1 is 0.975 bits per heavy atom. The molecule has 6 atom stereocenters. The topological polar surface area (TPSA) is 242 Å². The quantitative estimate of drug-likeness (QED) is 0.254. The summed E-state index contributed by atoms with van der Waals surface area (Å²) in [5.41, 5.74) is 11.6. The molecule has 0 spiro atoms. The Morgan fingerprint density at radius 3 is 2.08 bits per heavy atom. The summed E-state index contributed by atoms with van der Waals surface area (Å²) in [5, 5.41) is 18.5.